The third-order valence-corrected chi connectivity index (χ3v) is 6.08. The average Bonchev–Trinajstić information content (AvgIpc) is 3.33. The van der Waals surface area contributed by atoms with Gasteiger partial charge in [-0.1, -0.05) is 54.4 Å². The number of carbonyl (C=O) groups is 1. The van der Waals surface area contributed by atoms with Gasteiger partial charge in [0.2, 0.25) is 5.91 Å². The molecule has 0 radical (unpaired) electrons. The summed E-state index contributed by atoms with van der Waals surface area (Å²) in [5, 5.41) is 13.2. The smallest absolute Gasteiger partial charge is 0.230 e. The fourth-order valence-corrected chi connectivity index (χ4v) is 4.33. The van der Waals surface area contributed by atoms with Crippen LogP contribution in [-0.4, -0.2) is 33.0 Å². The van der Waals surface area contributed by atoms with E-state index in [1.165, 1.54) is 11.8 Å². The van der Waals surface area contributed by atoms with E-state index in [0.29, 0.717) is 33.3 Å². The van der Waals surface area contributed by atoms with Crippen molar-refractivity contribution >= 4 is 40.9 Å². The summed E-state index contributed by atoms with van der Waals surface area (Å²) in [5.74, 6) is 1.58. The second-order valence-corrected chi connectivity index (χ2v) is 8.37. The number of amides is 1. The highest BCUT2D eigenvalue weighted by molar-refractivity contribution is 7.99. The number of halogens is 2. The summed E-state index contributed by atoms with van der Waals surface area (Å²) >= 11 is 13.7. The highest BCUT2D eigenvalue weighted by atomic mass is 35.5. The van der Waals surface area contributed by atoms with Gasteiger partial charge >= 0.3 is 0 Å². The Hall–Kier alpha value is -1.96. The second kappa shape index (κ2) is 10.2. The van der Waals surface area contributed by atoms with Crippen molar-refractivity contribution in [3.63, 3.8) is 0 Å². The number of benzene rings is 1. The van der Waals surface area contributed by atoms with E-state index in [4.69, 9.17) is 27.6 Å². The summed E-state index contributed by atoms with van der Waals surface area (Å²) in [4.78, 5) is 12.4. The van der Waals surface area contributed by atoms with Crippen LogP contribution < -0.4 is 5.32 Å². The van der Waals surface area contributed by atoms with Gasteiger partial charge in [0, 0.05) is 29.6 Å². The van der Waals surface area contributed by atoms with Crippen LogP contribution in [0.5, 0.6) is 0 Å². The zero-order valence-corrected chi connectivity index (χ0v) is 18.5. The number of carbonyl (C=O) groups excluding carboxylic acids is 1. The number of aromatic nitrogens is 3. The Balaban J connectivity index is 1.56. The van der Waals surface area contributed by atoms with Gasteiger partial charge in [0.05, 0.1) is 12.0 Å². The third kappa shape index (κ3) is 5.56. The predicted octanol–water partition coefficient (Wildman–Crippen LogP) is 5.17. The number of thioether (sulfide) groups is 1. The molecule has 0 fully saturated rings. The van der Waals surface area contributed by atoms with E-state index in [0.717, 1.165) is 18.4 Å². The topological polar surface area (TPSA) is 73.0 Å². The van der Waals surface area contributed by atoms with Gasteiger partial charge < -0.3 is 14.3 Å². The molecule has 154 valence electrons. The fourth-order valence-electron chi connectivity index (χ4n) is 3.03. The minimum atomic E-state index is -0.0660. The molecule has 0 saturated heterocycles. The van der Waals surface area contributed by atoms with Gasteiger partial charge in [0.15, 0.2) is 16.7 Å². The van der Waals surface area contributed by atoms with Crippen LogP contribution >= 0.6 is 35.0 Å². The molecule has 0 aliphatic carbocycles. The highest BCUT2D eigenvalue weighted by Gasteiger charge is 2.17. The quantitative estimate of drug-likeness (QED) is 0.453. The van der Waals surface area contributed by atoms with Gasteiger partial charge in [-0.2, -0.15) is 0 Å². The summed E-state index contributed by atoms with van der Waals surface area (Å²) in [7, 11) is 1.85. The zero-order chi connectivity index (χ0) is 20.8. The van der Waals surface area contributed by atoms with Gasteiger partial charge in [-0.15, -0.1) is 10.2 Å². The van der Waals surface area contributed by atoms with Gasteiger partial charge in [0.25, 0.3) is 0 Å². The molecule has 0 aliphatic rings. The molecule has 29 heavy (non-hydrogen) atoms. The van der Waals surface area contributed by atoms with E-state index in [2.05, 4.69) is 22.4 Å². The van der Waals surface area contributed by atoms with Gasteiger partial charge in [-0.05, 0) is 36.2 Å². The van der Waals surface area contributed by atoms with Crippen LogP contribution in [0.4, 0.5) is 0 Å². The molecule has 2 heterocycles. The lowest BCUT2D eigenvalue weighted by Gasteiger charge is -2.19. The molecule has 1 atom stereocenters. The first-order valence-electron chi connectivity index (χ1n) is 9.27. The maximum absolute atomic E-state index is 12.4. The van der Waals surface area contributed by atoms with E-state index in [9.17, 15) is 4.79 Å². The van der Waals surface area contributed by atoms with Crippen molar-refractivity contribution in [3.8, 4) is 11.6 Å². The molecule has 0 unspecified atom stereocenters. The highest BCUT2D eigenvalue weighted by Crippen LogP contribution is 2.30. The molecule has 0 aliphatic heterocycles. The summed E-state index contributed by atoms with van der Waals surface area (Å²) in [5.41, 5.74) is 1.00. The van der Waals surface area contributed by atoms with Gasteiger partial charge in [0.1, 0.15) is 0 Å². The monoisotopic (exact) mass is 452 g/mol. The van der Waals surface area contributed by atoms with Crippen molar-refractivity contribution in [3.05, 3.63) is 52.2 Å². The SMILES string of the molecule is CCC[C@H](CNC(=O)CSc1nnc(-c2ccco2)n1C)c1ccc(Cl)cc1Cl. The Morgan fingerprint density at radius 2 is 2.14 bits per heavy atom. The molecule has 1 amide bonds. The standard InChI is InChI=1S/C20H22Cl2N4O2S/c1-3-5-13(15-8-7-14(21)10-16(15)22)11-23-18(27)12-29-20-25-24-19(26(20)2)17-6-4-9-28-17/h4,6-10,13H,3,5,11-12H2,1-2H3,(H,23,27)/t13-/m1/s1. The minimum absolute atomic E-state index is 0.0660. The minimum Gasteiger partial charge on any atom is -0.461 e. The molecule has 1 aromatic carbocycles. The number of nitrogens with zero attached hydrogens (tertiary/aromatic N) is 3. The summed E-state index contributed by atoms with van der Waals surface area (Å²) in [6.07, 6.45) is 3.50. The van der Waals surface area contributed by atoms with E-state index in [1.54, 1.807) is 18.4 Å². The largest absolute Gasteiger partial charge is 0.461 e. The summed E-state index contributed by atoms with van der Waals surface area (Å²) in [6.45, 7) is 2.63. The molecule has 2 aromatic heterocycles. The first-order valence-corrected chi connectivity index (χ1v) is 11.0. The number of rotatable bonds is 9. The first-order chi connectivity index (χ1) is 14.0. The molecule has 0 saturated carbocycles. The normalized spacial score (nSPS) is 12.1. The van der Waals surface area contributed by atoms with E-state index in [-0.39, 0.29) is 17.6 Å². The molecular formula is C20H22Cl2N4O2S. The van der Waals surface area contributed by atoms with Crippen LogP contribution in [0.3, 0.4) is 0 Å². The maximum Gasteiger partial charge on any atom is 0.230 e. The van der Waals surface area contributed by atoms with Crippen LogP contribution in [0.25, 0.3) is 11.6 Å². The predicted molar refractivity (Wildman–Crippen MR) is 117 cm³/mol. The zero-order valence-electron chi connectivity index (χ0n) is 16.2. The lowest BCUT2D eigenvalue weighted by Crippen LogP contribution is -2.30. The Morgan fingerprint density at radius 3 is 2.83 bits per heavy atom. The lowest BCUT2D eigenvalue weighted by atomic mass is 9.94. The second-order valence-electron chi connectivity index (χ2n) is 6.59. The van der Waals surface area contributed by atoms with E-state index < -0.39 is 0 Å². The average molecular weight is 453 g/mol. The van der Waals surface area contributed by atoms with Crippen molar-refractivity contribution in [1.29, 1.82) is 0 Å². The van der Waals surface area contributed by atoms with Crippen molar-refractivity contribution in [2.24, 2.45) is 7.05 Å². The summed E-state index contributed by atoms with van der Waals surface area (Å²) < 4.78 is 7.16. The molecule has 3 rings (SSSR count). The first kappa shape index (κ1) is 21.7. The Morgan fingerprint density at radius 1 is 1.31 bits per heavy atom. The Bertz CT molecular complexity index is 960. The van der Waals surface area contributed by atoms with E-state index >= 15 is 0 Å². The van der Waals surface area contributed by atoms with E-state index in [1.807, 2.05) is 29.8 Å². The molecule has 9 heteroatoms. The third-order valence-electron chi connectivity index (χ3n) is 4.49. The van der Waals surface area contributed by atoms with Crippen LogP contribution in [0.2, 0.25) is 10.0 Å². The number of hydrogen-bond acceptors (Lipinski definition) is 5. The lowest BCUT2D eigenvalue weighted by molar-refractivity contribution is -0.118. The van der Waals surface area contributed by atoms with Crippen LogP contribution in [-0.2, 0) is 11.8 Å². The van der Waals surface area contributed by atoms with Crippen LogP contribution in [0.15, 0.2) is 46.2 Å². The molecule has 0 spiro atoms. The molecule has 3 aromatic rings. The van der Waals surface area contributed by atoms with Gasteiger partial charge in [-0.3, -0.25) is 4.79 Å². The van der Waals surface area contributed by atoms with Crippen LogP contribution in [0, 0.1) is 0 Å². The molecule has 6 nitrogen and oxygen atoms in total. The van der Waals surface area contributed by atoms with Crippen molar-refractivity contribution in [1.82, 2.24) is 20.1 Å². The van der Waals surface area contributed by atoms with Crippen molar-refractivity contribution in [2.45, 2.75) is 30.8 Å². The van der Waals surface area contributed by atoms with Crippen LogP contribution in [0.1, 0.15) is 31.2 Å². The molecular weight excluding hydrogens is 431 g/mol. The Kier molecular flexibility index (Phi) is 7.64. The Labute approximate surface area is 184 Å². The summed E-state index contributed by atoms with van der Waals surface area (Å²) in [6, 6.07) is 9.11. The van der Waals surface area contributed by atoms with Crippen molar-refractivity contribution in [2.75, 3.05) is 12.3 Å². The fraction of sp³-hybridized carbons (Fsp3) is 0.350. The molecule has 1 N–H and O–H groups in total. The molecule has 0 bridgehead atoms. The van der Waals surface area contributed by atoms with Crippen molar-refractivity contribution < 1.29 is 9.21 Å². The maximum atomic E-state index is 12.4. The van der Waals surface area contributed by atoms with Gasteiger partial charge in [-0.25, -0.2) is 0 Å². The number of furan rings is 1. The number of hydrogen-bond donors (Lipinski definition) is 1. The number of nitrogens with one attached hydrogen (secondary N) is 1.